The molecule has 2 unspecified atom stereocenters. The van der Waals surface area contributed by atoms with Gasteiger partial charge in [0.15, 0.2) is 0 Å². The number of rotatable bonds is 1. The lowest BCUT2D eigenvalue weighted by atomic mass is 9.72. The van der Waals surface area contributed by atoms with Gasteiger partial charge in [0.25, 0.3) is 0 Å². The molecule has 1 nitrogen and oxygen atoms in total. The molecule has 0 saturated carbocycles. The number of fused-ring (bicyclic) bond motifs is 4. The van der Waals surface area contributed by atoms with Gasteiger partial charge in [-0.2, -0.15) is 0 Å². The normalized spacial score (nSPS) is 28.8. The van der Waals surface area contributed by atoms with Gasteiger partial charge < -0.3 is 0 Å². The van der Waals surface area contributed by atoms with E-state index in [-0.39, 0.29) is 0 Å². The van der Waals surface area contributed by atoms with E-state index >= 15 is 0 Å². The van der Waals surface area contributed by atoms with Crippen molar-refractivity contribution in [2.45, 2.75) is 16.7 Å². The fourth-order valence-corrected chi connectivity index (χ4v) is 6.53. The third-order valence-electron chi connectivity index (χ3n) is 5.77. The van der Waals surface area contributed by atoms with Gasteiger partial charge in [-0.3, -0.25) is 4.98 Å². The largest absolute Gasteiger partial charge is 0.252 e. The summed E-state index contributed by atoms with van der Waals surface area (Å²) in [4.78, 5) is 6.65. The summed E-state index contributed by atoms with van der Waals surface area (Å²) in [5.74, 6) is 0.649. The highest BCUT2D eigenvalue weighted by molar-refractivity contribution is 8.32. The predicted molar refractivity (Wildman–Crippen MR) is 91.2 cm³/mol. The zero-order chi connectivity index (χ0) is 14.1. The first-order valence-corrected chi connectivity index (χ1v) is 10.5. The average Bonchev–Trinajstić information content (AvgIpc) is 3.09. The molecule has 2 heteroatoms. The lowest BCUT2D eigenvalue weighted by molar-refractivity contribution is 0.475. The lowest BCUT2D eigenvalue weighted by Gasteiger charge is -2.35. The van der Waals surface area contributed by atoms with Gasteiger partial charge in [0.05, 0.1) is 11.2 Å². The molecule has 1 aromatic heterocycles. The second kappa shape index (κ2) is 2.85. The molecule has 0 saturated heterocycles. The van der Waals surface area contributed by atoms with Crippen molar-refractivity contribution >= 4 is 31.7 Å². The first kappa shape index (κ1) is 11.1. The van der Waals surface area contributed by atoms with Gasteiger partial charge in [0.2, 0.25) is 0 Å². The third kappa shape index (κ3) is 1.01. The minimum Gasteiger partial charge on any atom is -0.252 e. The highest BCUT2D eigenvalue weighted by Crippen LogP contribution is 2.67. The fourth-order valence-electron chi connectivity index (χ4n) is 4.85. The average molecular weight is 291 g/mol. The summed E-state index contributed by atoms with van der Waals surface area (Å²) in [6.07, 6.45) is 13.2. The number of aromatic nitrogens is 1. The zero-order valence-corrected chi connectivity index (χ0v) is 13.3. The van der Waals surface area contributed by atoms with E-state index < -0.39 is 10.0 Å². The van der Waals surface area contributed by atoms with E-state index in [4.69, 9.17) is 4.98 Å². The molecule has 3 aliphatic rings. The van der Waals surface area contributed by atoms with Gasteiger partial charge in [0.1, 0.15) is 0 Å². The van der Waals surface area contributed by atoms with E-state index in [1.165, 1.54) is 27.4 Å². The smallest absolute Gasteiger partial charge is 0.0715 e. The molecule has 1 spiro atoms. The second-order valence-electron chi connectivity index (χ2n) is 7.65. The van der Waals surface area contributed by atoms with Crippen LogP contribution in [-0.2, 0) is 11.8 Å². The van der Waals surface area contributed by atoms with Crippen molar-refractivity contribution in [2.24, 2.45) is 5.92 Å². The van der Waals surface area contributed by atoms with E-state index in [9.17, 15) is 0 Å². The Morgan fingerprint density at radius 1 is 1.14 bits per heavy atom. The molecule has 1 aliphatic heterocycles. The standard InChI is InChI=1S/C19H17NS/c1-21(2,3)18-12-9-15-13-6-10(12)7-14-17(13)19(14)5-4-11(19)8-16(18)20-15/h4-7,9,11H,8H2,1-3H3. The van der Waals surface area contributed by atoms with Crippen LogP contribution in [0.5, 0.6) is 0 Å². The topological polar surface area (TPSA) is 12.9 Å². The van der Waals surface area contributed by atoms with Crippen molar-refractivity contribution in [1.29, 1.82) is 0 Å². The van der Waals surface area contributed by atoms with Crippen LogP contribution in [-0.4, -0.2) is 23.8 Å². The van der Waals surface area contributed by atoms with Crippen molar-refractivity contribution < 1.29 is 0 Å². The molecule has 5 bridgehead atoms. The molecule has 2 atom stereocenters. The number of hydrogen-bond acceptors (Lipinski definition) is 1. The molecule has 6 rings (SSSR count). The minimum atomic E-state index is -0.783. The van der Waals surface area contributed by atoms with Crippen molar-refractivity contribution in [3.63, 3.8) is 0 Å². The number of benzene rings is 2. The second-order valence-corrected chi connectivity index (χ2v) is 11.7. The SMILES string of the molecule is CS(C)(C)c1c2nc3cc1c1cc4c(c3c1)C41C=CC1C2. The van der Waals surface area contributed by atoms with E-state index in [1.54, 1.807) is 16.0 Å². The Morgan fingerprint density at radius 3 is 2.71 bits per heavy atom. The Kier molecular flexibility index (Phi) is 1.50. The zero-order valence-electron chi connectivity index (χ0n) is 12.5. The number of pyridine rings is 1. The maximum atomic E-state index is 5.10. The quantitative estimate of drug-likeness (QED) is 0.612. The summed E-state index contributed by atoms with van der Waals surface area (Å²) >= 11 is 0. The Bertz CT molecular complexity index is 1010. The third-order valence-corrected chi connectivity index (χ3v) is 7.45. The maximum absolute atomic E-state index is 5.10. The summed E-state index contributed by atoms with van der Waals surface area (Å²) in [6.45, 7) is 0. The molecule has 2 heterocycles. The molecule has 2 aromatic carbocycles. The summed E-state index contributed by atoms with van der Waals surface area (Å²) in [7, 11) is -0.783. The van der Waals surface area contributed by atoms with Crippen molar-refractivity contribution in [2.75, 3.05) is 18.8 Å². The van der Waals surface area contributed by atoms with Gasteiger partial charge in [-0.1, -0.05) is 12.2 Å². The van der Waals surface area contributed by atoms with Gasteiger partial charge >= 0.3 is 0 Å². The van der Waals surface area contributed by atoms with Crippen LogP contribution in [0.1, 0.15) is 16.8 Å². The van der Waals surface area contributed by atoms with Crippen LogP contribution in [0.4, 0.5) is 0 Å². The summed E-state index contributed by atoms with van der Waals surface area (Å²) in [5, 5.41) is 4.33. The summed E-state index contributed by atoms with van der Waals surface area (Å²) in [6, 6.07) is 7.23. The lowest BCUT2D eigenvalue weighted by Crippen LogP contribution is -2.29. The maximum Gasteiger partial charge on any atom is 0.0715 e. The van der Waals surface area contributed by atoms with Gasteiger partial charge in [-0.05, 0) is 71.2 Å². The van der Waals surface area contributed by atoms with Crippen molar-refractivity contribution in [3.8, 4) is 0 Å². The van der Waals surface area contributed by atoms with E-state index in [0.29, 0.717) is 11.3 Å². The summed E-state index contributed by atoms with van der Waals surface area (Å²) < 4.78 is 0. The van der Waals surface area contributed by atoms with Crippen LogP contribution in [0.15, 0.2) is 35.2 Å². The first-order chi connectivity index (χ1) is 10.00. The highest BCUT2D eigenvalue weighted by atomic mass is 32.3. The van der Waals surface area contributed by atoms with Crippen LogP contribution < -0.4 is 0 Å². The Morgan fingerprint density at radius 2 is 2.00 bits per heavy atom. The van der Waals surface area contributed by atoms with Gasteiger partial charge in [0, 0.05) is 15.7 Å². The Balaban J connectivity index is 1.90. The Labute approximate surface area is 125 Å². The molecule has 2 aliphatic carbocycles. The van der Waals surface area contributed by atoms with Crippen LogP contribution >= 0.6 is 10.0 Å². The molecule has 0 fully saturated rings. The summed E-state index contributed by atoms with van der Waals surface area (Å²) in [5.41, 5.74) is 6.08. The molecule has 0 amide bonds. The van der Waals surface area contributed by atoms with Crippen LogP contribution in [0.3, 0.4) is 0 Å². The van der Waals surface area contributed by atoms with E-state index in [1.807, 2.05) is 0 Å². The van der Waals surface area contributed by atoms with Crippen LogP contribution in [0, 0.1) is 5.92 Å². The van der Waals surface area contributed by atoms with E-state index in [2.05, 4.69) is 49.1 Å². The predicted octanol–water partition coefficient (Wildman–Crippen LogP) is 4.22. The number of nitrogens with zero attached hydrogens (tertiary/aromatic N) is 1. The first-order valence-electron chi connectivity index (χ1n) is 7.61. The van der Waals surface area contributed by atoms with E-state index in [0.717, 1.165) is 6.42 Å². The van der Waals surface area contributed by atoms with Crippen molar-refractivity contribution in [3.05, 3.63) is 47.2 Å². The fraction of sp³-hybridized carbons (Fsp3) is 0.316. The Hall–Kier alpha value is -1.54. The number of allylic oxidation sites excluding steroid dienone is 2. The molecule has 21 heavy (non-hydrogen) atoms. The molecule has 104 valence electrons. The van der Waals surface area contributed by atoms with Crippen molar-refractivity contribution in [1.82, 2.24) is 4.98 Å². The highest BCUT2D eigenvalue weighted by Gasteiger charge is 2.59. The van der Waals surface area contributed by atoms with Gasteiger partial charge in [-0.15, -0.1) is 0 Å². The molecule has 0 radical (unpaired) electrons. The molecular formula is C19H17NS. The van der Waals surface area contributed by atoms with Crippen LogP contribution in [0.25, 0.3) is 21.7 Å². The monoisotopic (exact) mass is 291 g/mol. The molecular weight excluding hydrogens is 274 g/mol. The van der Waals surface area contributed by atoms with Gasteiger partial charge in [-0.25, -0.2) is 10.0 Å². The minimum absolute atomic E-state index is 0.298. The molecule has 0 N–H and O–H groups in total. The van der Waals surface area contributed by atoms with Crippen LogP contribution in [0.2, 0.25) is 0 Å². The number of hydrogen-bond donors (Lipinski definition) is 0. The molecule has 3 aromatic rings.